The molecule has 3 amide bonds. The molecule has 1 aromatic heterocycles. The fourth-order valence-corrected chi connectivity index (χ4v) is 5.01. The number of nitro groups is 1. The Kier molecular flexibility index (Phi) is 6.75. The summed E-state index contributed by atoms with van der Waals surface area (Å²) in [5.41, 5.74) is 1.92. The number of carbonyl (C=O) groups excluding carboxylic acids is 3. The van der Waals surface area contributed by atoms with E-state index < -0.39 is 21.9 Å². The number of halogens is 1. The molecule has 1 saturated heterocycles. The number of nitrogens with one attached hydrogen (secondary N) is 1. The number of hydrogen-bond acceptors (Lipinski definition) is 6. The van der Waals surface area contributed by atoms with Gasteiger partial charge >= 0.3 is 0 Å². The third kappa shape index (κ3) is 5.04. The predicted molar refractivity (Wildman–Crippen MR) is 142 cm³/mol. The zero-order valence-electron chi connectivity index (χ0n) is 19.7. The van der Waals surface area contributed by atoms with Gasteiger partial charge < -0.3 is 9.88 Å². The largest absolute Gasteiger partial charge is 0.337 e. The van der Waals surface area contributed by atoms with Crippen molar-refractivity contribution in [3.8, 4) is 0 Å². The van der Waals surface area contributed by atoms with E-state index in [1.54, 1.807) is 22.9 Å². The van der Waals surface area contributed by atoms with Crippen LogP contribution in [0.4, 0.5) is 20.6 Å². The Bertz CT molecular complexity index is 1630. The second-order valence-electron chi connectivity index (χ2n) is 8.44. The van der Waals surface area contributed by atoms with Crippen LogP contribution in [0, 0.1) is 15.9 Å². The minimum absolute atomic E-state index is 0.0368. The maximum absolute atomic E-state index is 13.2. The Hall–Kier alpha value is -4.77. The van der Waals surface area contributed by atoms with Crippen molar-refractivity contribution in [2.45, 2.75) is 13.1 Å². The van der Waals surface area contributed by atoms with Crippen LogP contribution in [0.3, 0.4) is 0 Å². The molecule has 5 rings (SSSR count). The van der Waals surface area contributed by atoms with Crippen LogP contribution >= 0.6 is 11.8 Å². The minimum Gasteiger partial charge on any atom is -0.337 e. The molecule has 0 radical (unpaired) electrons. The van der Waals surface area contributed by atoms with E-state index in [1.807, 2.05) is 24.3 Å². The second-order valence-corrected chi connectivity index (χ2v) is 9.43. The minimum atomic E-state index is -0.552. The van der Waals surface area contributed by atoms with Gasteiger partial charge in [0.1, 0.15) is 12.4 Å². The average Bonchev–Trinajstić information content (AvgIpc) is 3.37. The maximum atomic E-state index is 13.2. The van der Waals surface area contributed by atoms with Gasteiger partial charge in [-0.05, 0) is 48.2 Å². The van der Waals surface area contributed by atoms with E-state index in [-0.39, 0.29) is 35.2 Å². The number of anilines is 1. The Morgan fingerprint density at radius 1 is 1.03 bits per heavy atom. The monoisotopic (exact) mass is 530 g/mol. The lowest BCUT2D eigenvalue weighted by atomic mass is 10.1. The second kappa shape index (κ2) is 10.3. The molecule has 1 fully saturated rings. The summed E-state index contributed by atoms with van der Waals surface area (Å²) in [6, 6.07) is 18.7. The third-order valence-electron chi connectivity index (χ3n) is 5.94. The molecule has 0 spiro atoms. The Morgan fingerprint density at radius 2 is 1.74 bits per heavy atom. The van der Waals surface area contributed by atoms with Crippen molar-refractivity contribution >= 4 is 57.2 Å². The molecule has 1 aliphatic heterocycles. The molecular formula is C27H19FN4O5S. The highest BCUT2D eigenvalue weighted by atomic mass is 32.2. The molecule has 0 atom stereocenters. The van der Waals surface area contributed by atoms with E-state index in [2.05, 4.69) is 5.32 Å². The first-order valence-electron chi connectivity index (χ1n) is 11.4. The van der Waals surface area contributed by atoms with Gasteiger partial charge in [-0.25, -0.2) is 4.39 Å². The lowest BCUT2D eigenvalue weighted by molar-refractivity contribution is -0.385. The first-order valence-corrected chi connectivity index (χ1v) is 12.2. The highest BCUT2D eigenvalue weighted by Gasteiger charge is 2.36. The van der Waals surface area contributed by atoms with Crippen molar-refractivity contribution in [1.29, 1.82) is 0 Å². The summed E-state index contributed by atoms with van der Waals surface area (Å²) >= 11 is 0.754. The quantitative estimate of drug-likeness (QED) is 0.190. The molecule has 2 heterocycles. The number of imide groups is 1. The van der Waals surface area contributed by atoms with Crippen molar-refractivity contribution in [1.82, 2.24) is 9.47 Å². The Labute approximate surface area is 219 Å². The highest BCUT2D eigenvalue weighted by molar-refractivity contribution is 8.18. The van der Waals surface area contributed by atoms with Gasteiger partial charge in [0.25, 0.3) is 16.8 Å². The Balaban J connectivity index is 1.39. The topological polar surface area (TPSA) is 115 Å². The number of benzene rings is 3. The zero-order valence-corrected chi connectivity index (χ0v) is 20.5. The fourth-order valence-electron chi connectivity index (χ4n) is 4.18. The Morgan fingerprint density at radius 3 is 2.50 bits per heavy atom. The number of fused-ring (bicyclic) bond motifs is 1. The molecule has 4 aromatic rings. The van der Waals surface area contributed by atoms with Crippen LogP contribution in [0.15, 0.2) is 83.9 Å². The maximum Gasteiger partial charge on any atom is 0.293 e. The lowest BCUT2D eigenvalue weighted by Crippen LogP contribution is -2.27. The summed E-state index contributed by atoms with van der Waals surface area (Å²) in [6.45, 7) is -0.255. The molecule has 0 unspecified atom stereocenters. The van der Waals surface area contributed by atoms with Gasteiger partial charge in [-0.1, -0.05) is 36.4 Å². The third-order valence-corrected chi connectivity index (χ3v) is 6.85. The van der Waals surface area contributed by atoms with Crippen LogP contribution in [0.2, 0.25) is 0 Å². The summed E-state index contributed by atoms with van der Waals surface area (Å²) in [4.78, 5) is 50.4. The van der Waals surface area contributed by atoms with E-state index in [4.69, 9.17) is 0 Å². The summed E-state index contributed by atoms with van der Waals surface area (Å²) in [5, 5.41) is 14.3. The van der Waals surface area contributed by atoms with Crippen LogP contribution in [0.1, 0.15) is 11.1 Å². The van der Waals surface area contributed by atoms with Crippen LogP contribution in [0.25, 0.3) is 17.0 Å². The van der Waals surface area contributed by atoms with Gasteiger partial charge in [-0.2, -0.15) is 0 Å². The smallest absolute Gasteiger partial charge is 0.293 e. The normalized spacial score (nSPS) is 14.4. The average molecular weight is 531 g/mol. The van der Waals surface area contributed by atoms with Gasteiger partial charge in [-0.3, -0.25) is 29.4 Å². The highest BCUT2D eigenvalue weighted by Crippen LogP contribution is 2.36. The van der Waals surface area contributed by atoms with Crippen LogP contribution in [-0.2, 0) is 22.7 Å². The number of nitrogens with zero attached hydrogens (tertiary/aromatic N) is 3. The molecule has 38 heavy (non-hydrogen) atoms. The number of para-hydroxylation sites is 2. The number of aromatic nitrogens is 1. The number of thioether (sulfide) groups is 1. The molecule has 0 bridgehead atoms. The summed E-state index contributed by atoms with van der Waals surface area (Å²) in [6.07, 6.45) is 3.30. The molecule has 1 N–H and O–H groups in total. The van der Waals surface area contributed by atoms with E-state index >= 15 is 0 Å². The van der Waals surface area contributed by atoms with Gasteiger partial charge in [-0.15, -0.1) is 0 Å². The number of carbonyl (C=O) groups is 3. The van der Waals surface area contributed by atoms with Crippen LogP contribution < -0.4 is 5.32 Å². The summed E-state index contributed by atoms with van der Waals surface area (Å²) in [7, 11) is 0. The molecule has 11 heteroatoms. The lowest BCUT2D eigenvalue weighted by Gasteiger charge is -2.12. The molecule has 3 aromatic carbocycles. The van der Waals surface area contributed by atoms with Crippen LogP contribution in [-0.4, -0.2) is 31.4 Å². The fraction of sp³-hybridized carbons (Fsp3) is 0.0741. The number of amides is 3. The van der Waals surface area contributed by atoms with E-state index in [1.165, 1.54) is 42.5 Å². The summed E-state index contributed by atoms with van der Waals surface area (Å²) in [5.74, 6) is -1.28. The van der Waals surface area contributed by atoms with Crippen molar-refractivity contribution in [3.05, 3.63) is 111 Å². The van der Waals surface area contributed by atoms with Gasteiger partial charge in [0.15, 0.2) is 0 Å². The van der Waals surface area contributed by atoms with Crippen molar-refractivity contribution in [2.24, 2.45) is 0 Å². The SMILES string of the molecule is O=C(Cn1cc(/C=C2\SC(=O)N(Cc3ccccc3[N+](=O)[O-])C2=O)c2ccccc21)Nc1ccc(F)cc1. The molecule has 0 saturated carbocycles. The van der Waals surface area contributed by atoms with Crippen molar-refractivity contribution < 1.29 is 23.7 Å². The molecule has 1 aliphatic rings. The summed E-state index contributed by atoms with van der Waals surface area (Å²) < 4.78 is 14.9. The standard InChI is InChI=1S/C27H19FN4O5S/c28-19-9-11-20(12-10-19)29-25(33)16-30-14-18(21-6-2-4-8-23(21)30)13-24-26(34)31(27(35)38-24)15-17-5-1-3-7-22(17)32(36)37/h1-14H,15-16H2,(H,29,33)/b24-13-. The molecule has 9 nitrogen and oxygen atoms in total. The molecule has 0 aliphatic carbocycles. The van der Waals surface area contributed by atoms with Crippen molar-refractivity contribution in [2.75, 3.05) is 5.32 Å². The van der Waals surface area contributed by atoms with Gasteiger partial charge in [0, 0.05) is 40.0 Å². The zero-order chi connectivity index (χ0) is 26.8. The van der Waals surface area contributed by atoms with E-state index in [0.29, 0.717) is 11.3 Å². The van der Waals surface area contributed by atoms with E-state index in [0.717, 1.165) is 27.6 Å². The first kappa shape index (κ1) is 24.9. The van der Waals surface area contributed by atoms with Crippen molar-refractivity contribution in [3.63, 3.8) is 0 Å². The van der Waals surface area contributed by atoms with Crippen LogP contribution in [0.5, 0.6) is 0 Å². The van der Waals surface area contributed by atoms with E-state index in [9.17, 15) is 28.9 Å². The number of nitro benzene ring substituents is 1. The predicted octanol–water partition coefficient (Wildman–Crippen LogP) is 5.56. The first-order chi connectivity index (χ1) is 18.3. The number of hydrogen-bond donors (Lipinski definition) is 1. The number of rotatable bonds is 7. The van der Waals surface area contributed by atoms with Gasteiger partial charge in [0.2, 0.25) is 5.91 Å². The molecular weight excluding hydrogens is 511 g/mol. The van der Waals surface area contributed by atoms with Gasteiger partial charge in [0.05, 0.1) is 16.4 Å². The molecule has 190 valence electrons.